The van der Waals surface area contributed by atoms with Gasteiger partial charge in [0.15, 0.2) is 5.82 Å². The molecule has 0 spiro atoms. The molecule has 182 valence electrons. The zero-order valence-electron chi connectivity index (χ0n) is 20.2. The van der Waals surface area contributed by atoms with Gasteiger partial charge in [0.2, 0.25) is 5.91 Å². The van der Waals surface area contributed by atoms with Gasteiger partial charge in [-0.05, 0) is 74.9 Å². The summed E-state index contributed by atoms with van der Waals surface area (Å²) in [6.07, 6.45) is 4.36. The maximum Gasteiger partial charge on any atom is 0.409 e. The van der Waals surface area contributed by atoms with Crippen LogP contribution in [-0.2, 0) is 9.53 Å². The molecule has 0 aliphatic carbocycles. The van der Waals surface area contributed by atoms with Crippen LogP contribution in [0, 0.1) is 12.8 Å². The summed E-state index contributed by atoms with van der Waals surface area (Å²) in [6, 6.07) is 11.9. The second-order valence-electron chi connectivity index (χ2n) is 9.22. The third-order valence-corrected chi connectivity index (χ3v) is 6.74. The minimum atomic E-state index is -0.197. The lowest BCUT2D eigenvalue weighted by Gasteiger charge is -2.32. The van der Waals surface area contributed by atoms with Crippen molar-refractivity contribution in [3.05, 3.63) is 47.7 Å². The number of carbonyl (C=O) groups excluding carboxylic acids is 2. The molecule has 2 amide bonds. The lowest BCUT2D eigenvalue weighted by Crippen LogP contribution is -2.38. The quantitative estimate of drug-likeness (QED) is 0.618. The van der Waals surface area contributed by atoms with E-state index in [1.54, 1.807) is 4.90 Å². The number of carbonyl (C=O) groups is 2. The maximum atomic E-state index is 13.4. The number of ether oxygens (including phenoxy) is 1. The van der Waals surface area contributed by atoms with Crippen LogP contribution in [0.4, 0.5) is 16.3 Å². The molecule has 8 heteroatoms. The van der Waals surface area contributed by atoms with E-state index >= 15 is 0 Å². The van der Waals surface area contributed by atoms with Crippen LogP contribution in [0.15, 0.2) is 36.4 Å². The molecule has 0 radical (unpaired) electrons. The lowest BCUT2D eigenvalue weighted by atomic mass is 9.89. The first-order valence-electron chi connectivity index (χ1n) is 12.4. The second-order valence-corrected chi connectivity index (χ2v) is 9.22. The van der Waals surface area contributed by atoms with Crippen molar-refractivity contribution in [1.82, 2.24) is 20.4 Å². The average molecular weight is 466 g/mol. The van der Waals surface area contributed by atoms with Crippen LogP contribution in [0.2, 0.25) is 0 Å². The molecule has 2 fully saturated rings. The summed E-state index contributed by atoms with van der Waals surface area (Å²) in [6.45, 7) is 7.41. The van der Waals surface area contributed by atoms with Crippen molar-refractivity contribution < 1.29 is 14.3 Å². The van der Waals surface area contributed by atoms with Crippen molar-refractivity contribution in [2.75, 3.05) is 37.7 Å². The van der Waals surface area contributed by atoms with Gasteiger partial charge in [-0.15, -0.1) is 5.10 Å². The minimum Gasteiger partial charge on any atom is -0.449 e. The highest BCUT2D eigenvalue weighted by molar-refractivity contribution is 6.01. The Morgan fingerprint density at radius 2 is 1.85 bits per heavy atom. The molecule has 34 heavy (non-hydrogen) atoms. The van der Waals surface area contributed by atoms with Crippen molar-refractivity contribution >= 4 is 23.5 Å². The second kappa shape index (κ2) is 11.4. The number of piperidine rings is 1. The fourth-order valence-electron chi connectivity index (χ4n) is 4.62. The number of anilines is 2. The Bertz CT molecular complexity index is 949. The first-order valence-corrected chi connectivity index (χ1v) is 12.4. The molecule has 3 heterocycles. The molecule has 0 saturated carbocycles. The number of aromatic nitrogens is 2. The van der Waals surface area contributed by atoms with E-state index < -0.39 is 0 Å². The molecule has 8 nitrogen and oxygen atoms in total. The average Bonchev–Trinajstić information content (AvgIpc) is 3.41. The van der Waals surface area contributed by atoms with Crippen LogP contribution in [-0.4, -0.2) is 59.9 Å². The molecule has 0 bridgehead atoms. The van der Waals surface area contributed by atoms with E-state index in [1.807, 2.05) is 36.1 Å². The van der Waals surface area contributed by atoms with E-state index in [0.717, 1.165) is 50.0 Å². The topological polar surface area (TPSA) is 87.7 Å². The SMILES string of the molecule is CCCCOC(=O)N1CCC(c2ccc(N(C(=O)C3CCNC3)c3ccc(C)nn3)cc2)CC1. The highest BCUT2D eigenvalue weighted by Crippen LogP contribution is 2.32. The van der Waals surface area contributed by atoms with Gasteiger partial charge in [-0.1, -0.05) is 25.5 Å². The molecule has 2 aromatic rings. The summed E-state index contributed by atoms with van der Waals surface area (Å²) in [5, 5.41) is 11.7. The summed E-state index contributed by atoms with van der Waals surface area (Å²) in [5.74, 6) is 0.913. The summed E-state index contributed by atoms with van der Waals surface area (Å²) < 4.78 is 5.35. The van der Waals surface area contributed by atoms with Gasteiger partial charge in [-0.25, -0.2) is 4.79 Å². The number of rotatable bonds is 7. The predicted molar refractivity (Wildman–Crippen MR) is 131 cm³/mol. The molecule has 2 aliphatic rings. The number of nitrogens with one attached hydrogen (secondary N) is 1. The molecule has 1 atom stereocenters. The van der Waals surface area contributed by atoms with Crippen LogP contribution in [0.5, 0.6) is 0 Å². The van der Waals surface area contributed by atoms with Crippen LogP contribution in [0.1, 0.15) is 56.2 Å². The van der Waals surface area contributed by atoms with Crippen molar-refractivity contribution in [1.29, 1.82) is 0 Å². The number of unbranched alkanes of at least 4 members (excludes halogenated alkanes) is 1. The summed E-state index contributed by atoms with van der Waals surface area (Å²) in [7, 11) is 0. The Labute approximate surface area is 201 Å². The number of likely N-dealkylation sites (tertiary alicyclic amines) is 1. The molecule has 4 rings (SSSR count). The molecule has 1 aromatic heterocycles. The van der Waals surface area contributed by atoms with Crippen LogP contribution < -0.4 is 10.2 Å². The Morgan fingerprint density at radius 1 is 1.09 bits per heavy atom. The van der Waals surface area contributed by atoms with Gasteiger partial charge >= 0.3 is 6.09 Å². The van der Waals surface area contributed by atoms with E-state index in [4.69, 9.17) is 4.74 Å². The maximum absolute atomic E-state index is 13.4. The summed E-state index contributed by atoms with van der Waals surface area (Å²) in [5.41, 5.74) is 2.85. The van der Waals surface area contributed by atoms with E-state index in [1.165, 1.54) is 5.56 Å². The first-order chi connectivity index (χ1) is 16.6. The number of aryl methyl sites for hydroxylation is 1. The smallest absolute Gasteiger partial charge is 0.409 e. The molecule has 1 N–H and O–H groups in total. The molecule has 1 unspecified atom stereocenters. The predicted octanol–water partition coefficient (Wildman–Crippen LogP) is 4.18. The Morgan fingerprint density at radius 3 is 2.47 bits per heavy atom. The van der Waals surface area contributed by atoms with Crippen LogP contribution >= 0.6 is 0 Å². The van der Waals surface area contributed by atoms with Crippen LogP contribution in [0.3, 0.4) is 0 Å². The normalized spacial score (nSPS) is 18.6. The highest BCUT2D eigenvalue weighted by Gasteiger charge is 2.30. The number of amides is 2. The molecular weight excluding hydrogens is 430 g/mol. The Hall–Kier alpha value is -3.00. The molecule has 1 aromatic carbocycles. The summed E-state index contributed by atoms with van der Waals surface area (Å²) in [4.78, 5) is 29.1. The Kier molecular flexibility index (Phi) is 8.11. The largest absolute Gasteiger partial charge is 0.449 e. The third-order valence-electron chi connectivity index (χ3n) is 6.74. The van der Waals surface area contributed by atoms with E-state index in [0.29, 0.717) is 38.0 Å². The monoisotopic (exact) mass is 465 g/mol. The van der Waals surface area contributed by atoms with Crippen LogP contribution in [0.25, 0.3) is 0 Å². The van der Waals surface area contributed by atoms with E-state index in [2.05, 4.69) is 34.6 Å². The summed E-state index contributed by atoms with van der Waals surface area (Å²) >= 11 is 0. The fraction of sp³-hybridized carbons (Fsp3) is 0.538. The zero-order valence-corrected chi connectivity index (χ0v) is 20.2. The third kappa shape index (κ3) is 5.73. The van der Waals surface area contributed by atoms with E-state index in [9.17, 15) is 9.59 Å². The van der Waals surface area contributed by atoms with Gasteiger partial charge in [0, 0.05) is 19.6 Å². The van der Waals surface area contributed by atoms with Crippen molar-refractivity contribution in [3.63, 3.8) is 0 Å². The van der Waals surface area contributed by atoms with Crippen molar-refractivity contribution in [2.24, 2.45) is 5.92 Å². The van der Waals surface area contributed by atoms with Gasteiger partial charge in [-0.3, -0.25) is 9.69 Å². The van der Waals surface area contributed by atoms with Gasteiger partial charge < -0.3 is 15.0 Å². The minimum absolute atomic E-state index is 0.0470. The van der Waals surface area contributed by atoms with Crippen molar-refractivity contribution in [3.8, 4) is 0 Å². The van der Waals surface area contributed by atoms with Gasteiger partial charge in [0.05, 0.1) is 23.9 Å². The van der Waals surface area contributed by atoms with Gasteiger partial charge in [0.25, 0.3) is 0 Å². The molecule has 2 aliphatic heterocycles. The fourth-order valence-corrected chi connectivity index (χ4v) is 4.62. The number of hydrogen-bond acceptors (Lipinski definition) is 6. The number of benzene rings is 1. The molecular formula is C26H35N5O3. The van der Waals surface area contributed by atoms with E-state index in [-0.39, 0.29) is 17.9 Å². The van der Waals surface area contributed by atoms with Gasteiger partial charge in [-0.2, -0.15) is 5.10 Å². The Balaban J connectivity index is 1.44. The number of hydrogen-bond donors (Lipinski definition) is 1. The standard InChI is InChI=1S/C26H35N5O3/c1-3-4-17-34-26(33)30-15-12-21(13-16-30)20-6-8-23(9-7-20)31(24-10-5-19(2)28-29-24)25(32)22-11-14-27-18-22/h5-10,21-22,27H,3-4,11-18H2,1-2H3. The molecule has 2 saturated heterocycles. The lowest BCUT2D eigenvalue weighted by molar-refractivity contribution is -0.121. The highest BCUT2D eigenvalue weighted by atomic mass is 16.6. The first kappa shape index (κ1) is 24.1. The van der Waals surface area contributed by atoms with Crippen molar-refractivity contribution in [2.45, 2.75) is 51.9 Å². The van der Waals surface area contributed by atoms with Gasteiger partial charge in [0.1, 0.15) is 0 Å². The zero-order chi connectivity index (χ0) is 23.9. The number of nitrogens with zero attached hydrogens (tertiary/aromatic N) is 4.